The van der Waals surface area contributed by atoms with Crippen molar-refractivity contribution in [2.45, 2.75) is 13.2 Å². The molecule has 0 amide bonds. The van der Waals surface area contributed by atoms with Crippen molar-refractivity contribution in [3.8, 4) is 16.9 Å². The van der Waals surface area contributed by atoms with Gasteiger partial charge in [0.25, 0.3) is 0 Å². The van der Waals surface area contributed by atoms with Gasteiger partial charge in [-0.1, -0.05) is 0 Å². The van der Waals surface area contributed by atoms with Crippen molar-refractivity contribution in [1.29, 1.82) is 0 Å². The number of halogens is 2. The van der Waals surface area contributed by atoms with E-state index in [-0.39, 0.29) is 11.3 Å². The number of ether oxygens (including phenoxy) is 2. The van der Waals surface area contributed by atoms with E-state index in [4.69, 9.17) is 9.84 Å². The van der Waals surface area contributed by atoms with Crippen LogP contribution in [0.4, 0.5) is 8.78 Å². The van der Waals surface area contributed by atoms with Crippen molar-refractivity contribution in [3.05, 3.63) is 36.2 Å². The Kier molecular flexibility index (Phi) is 5.05. The van der Waals surface area contributed by atoms with Gasteiger partial charge in [0.05, 0.1) is 24.9 Å². The number of nitrogens with zero attached hydrogens (tertiary/aromatic N) is 2. The van der Waals surface area contributed by atoms with Crippen LogP contribution in [0, 0.1) is 0 Å². The molecule has 0 saturated heterocycles. The summed E-state index contributed by atoms with van der Waals surface area (Å²) in [6, 6.07) is 3.77. The molecule has 118 valence electrons. The van der Waals surface area contributed by atoms with Crippen LogP contribution in [0.3, 0.4) is 0 Å². The van der Waals surface area contributed by atoms with Gasteiger partial charge in [-0.15, -0.1) is 0 Å². The summed E-state index contributed by atoms with van der Waals surface area (Å²) in [6.45, 7) is -2.03. The standard InChI is InChI=1S/C14H14F2N2O4/c1-21-3-2-18-8-11(7-17-18)9-4-10(13(19)20)6-12(5-9)22-14(15)16/h4-8,14H,2-3H2,1H3,(H,19,20). The Balaban J connectivity index is 2.34. The molecule has 0 bridgehead atoms. The number of rotatable bonds is 7. The fraction of sp³-hybridized carbons (Fsp3) is 0.286. The van der Waals surface area contributed by atoms with Gasteiger partial charge in [-0.2, -0.15) is 13.9 Å². The van der Waals surface area contributed by atoms with Crippen LogP contribution in [-0.4, -0.2) is 41.2 Å². The summed E-state index contributed by atoms with van der Waals surface area (Å²) in [6.07, 6.45) is 3.19. The van der Waals surface area contributed by atoms with Crippen molar-refractivity contribution >= 4 is 5.97 Å². The van der Waals surface area contributed by atoms with E-state index in [1.165, 1.54) is 18.3 Å². The van der Waals surface area contributed by atoms with Gasteiger partial charge in [0.15, 0.2) is 0 Å². The Hall–Kier alpha value is -2.48. The number of benzene rings is 1. The molecule has 1 aromatic carbocycles. The summed E-state index contributed by atoms with van der Waals surface area (Å²) in [4.78, 5) is 11.1. The van der Waals surface area contributed by atoms with E-state index in [0.29, 0.717) is 24.3 Å². The van der Waals surface area contributed by atoms with Crippen LogP contribution in [0.1, 0.15) is 10.4 Å². The SMILES string of the molecule is COCCn1cc(-c2cc(OC(F)F)cc(C(=O)O)c2)cn1. The minimum atomic E-state index is -3.03. The molecule has 0 aliphatic rings. The van der Waals surface area contributed by atoms with E-state index < -0.39 is 12.6 Å². The minimum absolute atomic E-state index is 0.141. The Labute approximate surface area is 124 Å². The quantitative estimate of drug-likeness (QED) is 0.850. The topological polar surface area (TPSA) is 73.6 Å². The van der Waals surface area contributed by atoms with Crippen molar-refractivity contribution < 1.29 is 28.2 Å². The Morgan fingerprint density at radius 2 is 2.14 bits per heavy atom. The highest BCUT2D eigenvalue weighted by Crippen LogP contribution is 2.27. The molecule has 2 rings (SSSR count). The lowest BCUT2D eigenvalue weighted by Crippen LogP contribution is -2.04. The van der Waals surface area contributed by atoms with Crippen LogP contribution >= 0.6 is 0 Å². The fourth-order valence-electron chi connectivity index (χ4n) is 1.88. The summed E-state index contributed by atoms with van der Waals surface area (Å²) < 4.78 is 35.5. The first kappa shape index (κ1) is 15.9. The molecule has 0 atom stereocenters. The molecule has 0 fully saturated rings. The molecule has 0 aliphatic heterocycles. The summed E-state index contributed by atoms with van der Waals surface area (Å²) in [5.74, 6) is -1.44. The van der Waals surface area contributed by atoms with Gasteiger partial charge >= 0.3 is 12.6 Å². The van der Waals surface area contributed by atoms with E-state index >= 15 is 0 Å². The Bertz CT molecular complexity index is 658. The smallest absolute Gasteiger partial charge is 0.387 e. The molecular weight excluding hydrogens is 298 g/mol. The van der Waals surface area contributed by atoms with E-state index in [0.717, 1.165) is 6.07 Å². The number of aromatic carboxylic acids is 1. The van der Waals surface area contributed by atoms with Gasteiger partial charge in [0.1, 0.15) is 5.75 Å². The molecule has 22 heavy (non-hydrogen) atoms. The lowest BCUT2D eigenvalue weighted by atomic mass is 10.1. The Morgan fingerprint density at radius 1 is 1.36 bits per heavy atom. The van der Waals surface area contributed by atoms with Gasteiger partial charge in [0, 0.05) is 18.9 Å². The van der Waals surface area contributed by atoms with Crippen LogP contribution in [0.2, 0.25) is 0 Å². The van der Waals surface area contributed by atoms with Crippen molar-refractivity contribution in [2.75, 3.05) is 13.7 Å². The van der Waals surface area contributed by atoms with Crippen molar-refractivity contribution in [3.63, 3.8) is 0 Å². The molecule has 0 spiro atoms. The van der Waals surface area contributed by atoms with Crippen LogP contribution in [0.5, 0.6) is 5.75 Å². The maximum absolute atomic E-state index is 12.3. The van der Waals surface area contributed by atoms with Crippen LogP contribution in [-0.2, 0) is 11.3 Å². The number of carboxylic acid groups (broad SMARTS) is 1. The third-order valence-electron chi connectivity index (χ3n) is 2.87. The van der Waals surface area contributed by atoms with E-state index in [1.54, 1.807) is 18.0 Å². The number of hydrogen-bond acceptors (Lipinski definition) is 4. The zero-order valence-corrected chi connectivity index (χ0v) is 11.7. The first-order valence-corrected chi connectivity index (χ1v) is 6.34. The maximum Gasteiger partial charge on any atom is 0.387 e. The number of aromatic nitrogens is 2. The predicted molar refractivity (Wildman–Crippen MR) is 73.1 cm³/mol. The monoisotopic (exact) mass is 312 g/mol. The third kappa shape index (κ3) is 4.01. The maximum atomic E-state index is 12.3. The van der Waals surface area contributed by atoms with Crippen molar-refractivity contribution in [1.82, 2.24) is 9.78 Å². The van der Waals surface area contributed by atoms with E-state index in [2.05, 4.69) is 9.84 Å². The molecule has 0 aliphatic carbocycles. The first-order valence-electron chi connectivity index (χ1n) is 6.34. The number of methoxy groups -OCH3 is 1. The number of carboxylic acids is 1. The second kappa shape index (κ2) is 6.99. The normalized spacial score (nSPS) is 10.9. The summed E-state index contributed by atoms with van der Waals surface area (Å²) >= 11 is 0. The highest BCUT2D eigenvalue weighted by Gasteiger charge is 2.13. The Morgan fingerprint density at radius 3 is 2.77 bits per heavy atom. The molecule has 6 nitrogen and oxygen atoms in total. The summed E-state index contributed by atoms with van der Waals surface area (Å²) in [7, 11) is 1.56. The highest BCUT2D eigenvalue weighted by molar-refractivity contribution is 5.90. The van der Waals surface area contributed by atoms with Gasteiger partial charge in [-0.3, -0.25) is 4.68 Å². The number of carbonyl (C=O) groups is 1. The van der Waals surface area contributed by atoms with Gasteiger partial charge in [0.2, 0.25) is 0 Å². The average molecular weight is 312 g/mol. The zero-order valence-electron chi connectivity index (χ0n) is 11.7. The molecule has 0 radical (unpaired) electrons. The molecule has 1 aromatic heterocycles. The second-order valence-electron chi connectivity index (χ2n) is 4.41. The average Bonchev–Trinajstić information content (AvgIpc) is 2.92. The van der Waals surface area contributed by atoms with Gasteiger partial charge < -0.3 is 14.6 Å². The summed E-state index contributed by atoms with van der Waals surface area (Å²) in [5.41, 5.74) is 0.885. The predicted octanol–water partition coefficient (Wildman–Crippen LogP) is 2.50. The number of alkyl halides is 2. The lowest BCUT2D eigenvalue weighted by molar-refractivity contribution is -0.0498. The van der Waals surface area contributed by atoms with Gasteiger partial charge in [-0.25, -0.2) is 4.79 Å². The fourth-order valence-corrected chi connectivity index (χ4v) is 1.88. The molecule has 8 heteroatoms. The van der Waals surface area contributed by atoms with E-state index in [9.17, 15) is 13.6 Å². The molecule has 0 unspecified atom stereocenters. The van der Waals surface area contributed by atoms with Crippen LogP contribution in [0.25, 0.3) is 11.1 Å². The molecule has 2 aromatic rings. The molecule has 1 N–H and O–H groups in total. The summed E-state index contributed by atoms with van der Waals surface area (Å²) in [5, 5.41) is 13.2. The zero-order chi connectivity index (χ0) is 16.1. The lowest BCUT2D eigenvalue weighted by Gasteiger charge is -2.08. The minimum Gasteiger partial charge on any atom is -0.478 e. The first-order chi connectivity index (χ1) is 10.5. The highest BCUT2D eigenvalue weighted by atomic mass is 19.3. The van der Waals surface area contributed by atoms with E-state index in [1.807, 2.05) is 0 Å². The van der Waals surface area contributed by atoms with Gasteiger partial charge in [-0.05, 0) is 23.8 Å². The van der Waals surface area contributed by atoms with Crippen LogP contribution in [0.15, 0.2) is 30.6 Å². The third-order valence-corrected chi connectivity index (χ3v) is 2.87. The number of hydrogen-bond donors (Lipinski definition) is 1. The van der Waals surface area contributed by atoms with Crippen molar-refractivity contribution in [2.24, 2.45) is 0 Å². The molecule has 1 heterocycles. The molecule has 0 saturated carbocycles. The largest absolute Gasteiger partial charge is 0.478 e. The molecular formula is C14H14F2N2O4. The second-order valence-corrected chi connectivity index (χ2v) is 4.41. The van der Waals surface area contributed by atoms with Crippen LogP contribution < -0.4 is 4.74 Å².